The number of ether oxygens (including phenoxy) is 5. The number of primary amides is 1. The number of nitrogens with one attached hydrogen (secondary N) is 4. The molecule has 3 heterocycles. The van der Waals surface area contributed by atoms with Crippen molar-refractivity contribution in [1.29, 1.82) is 5.26 Å². The third-order valence-electron chi connectivity index (χ3n) is 19.6. The minimum absolute atomic E-state index is 0.00181. The molecule has 29 heteroatoms. The molecule has 6 aromatic carbocycles. The van der Waals surface area contributed by atoms with Crippen LogP contribution < -0.4 is 36.5 Å². The van der Waals surface area contributed by atoms with E-state index in [1.165, 1.54) is 34.4 Å². The third-order valence-corrected chi connectivity index (χ3v) is 20.2. The van der Waals surface area contributed by atoms with E-state index in [0.717, 1.165) is 28.9 Å². The number of thiol groups is 1. The van der Waals surface area contributed by atoms with Crippen LogP contribution in [0.2, 0.25) is 0 Å². The molecule has 28 nitrogen and oxygen atoms in total. The SMILES string of the molecule is CC(=O)CC(c1ccccc1)C1C(=O)OC2C=CC=CC2=C1O.CC(C)(C)NCC(O)COc1ccccc1C#N.CC(CS)C(=O)N1CCCC1C(=O)O.CC(NCC(O)c1ccc(O)c(C(N)=O)c1)c1ccccc1.CCOC(=O)C(CCc1ccccc1)NC(C)C(=O)N1CCCC1C(=O)O.COC.Cc1ccc(OCC(O)CNC(C)C)cc1. The number of carbonyl (C=O) groups is 8. The van der Waals surface area contributed by atoms with E-state index >= 15 is 0 Å². The monoisotopic (exact) mass is 1720 g/mol. The lowest BCUT2D eigenvalue weighted by Gasteiger charge is -2.33. The van der Waals surface area contributed by atoms with Gasteiger partial charge in [-0.15, -0.1) is 0 Å². The van der Waals surface area contributed by atoms with E-state index in [4.69, 9.17) is 35.0 Å². The van der Waals surface area contributed by atoms with Crippen molar-refractivity contribution in [3.05, 3.63) is 232 Å². The van der Waals surface area contributed by atoms with Crippen LogP contribution in [0.5, 0.6) is 17.2 Å². The summed E-state index contributed by atoms with van der Waals surface area (Å²) in [5.41, 5.74) is 11.0. The van der Waals surface area contributed by atoms with E-state index < -0.39 is 90.2 Å². The number of carboxylic acids is 2. The zero-order chi connectivity index (χ0) is 91.3. The normalized spacial score (nSPS) is 17.4. The molecule has 0 spiro atoms. The maximum absolute atomic E-state index is 12.7. The second-order valence-corrected chi connectivity index (χ2v) is 31.7. The number of hydrogen-bond acceptors (Lipinski definition) is 24. The molecule has 670 valence electrons. The first-order valence-electron chi connectivity index (χ1n) is 41.3. The largest absolute Gasteiger partial charge is 0.511 e. The number of aliphatic carboxylic acids is 2. The molecule has 12 unspecified atom stereocenters. The van der Waals surface area contributed by atoms with Crippen LogP contribution in [0.15, 0.2) is 193 Å². The zero-order valence-electron chi connectivity index (χ0n) is 72.9. The van der Waals surface area contributed by atoms with Crippen LogP contribution in [0.3, 0.4) is 0 Å². The number of rotatable bonds is 33. The summed E-state index contributed by atoms with van der Waals surface area (Å²) in [6.45, 7) is 24.0. The topological polar surface area (TPSA) is 429 Å². The maximum Gasteiger partial charge on any atom is 0.326 e. The second kappa shape index (κ2) is 55.4. The van der Waals surface area contributed by atoms with E-state index in [1.54, 1.807) is 89.6 Å². The van der Waals surface area contributed by atoms with Crippen molar-refractivity contribution < 1.29 is 97.8 Å². The number of fused-ring (bicyclic) bond motifs is 1. The summed E-state index contributed by atoms with van der Waals surface area (Å²) in [5.74, 6) is -3.84. The number of benzene rings is 6. The molecular formula is C94H128N8O20S. The minimum Gasteiger partial charge on any atom is -0.511 e. The number of esters is 2. The highest BCUT2D eigenvalue weighted by Crippen LogP contribution is 2.40. The van der Waals surface area contributed by atoms with Crippen LogP contribution in [-0.2, 0) is 54.2 Å². The Bertz CT molecular complexity index is 4370. The molecule has 2 saturated heterocycles. The number of allylic oxidation sites excluding steroid dienone is 2. The average Bonchev–Trinajstić information content (AvgIpc) is 1.25. The molecule has 3 aliphatic heterocycles. The molecule has 3 amide bonds. The fourth-order valence-corrected chi connectivity index (χ4v) is 13.2. The Kier molecular flexibility index (Phi) is 47.1. The lowest BCUT2D eigenvalue weighted by Crippen LogP contribution is -2.53. The van der Waals surface area contributed by atoms with Gasteiger partial charge in [0.1, 0.15) is 90.4 Å². The summed E-state index contributed by atoms with van der Waals surface area (Å²) in [4.78, 5) is 97.1. The summed E-state index contributed by atoms with van der Waals surface area (Å²) < 4.78 is 25.7. The number of nitrogens with zero attached hydrogens (tertiary/aromatic N) is 3. The summed E-state index contributed by atoms with van der Waals surface area (Å²) in [7, 11) is 3.25. The predicted molar refractivity (Wildman–Crippen MR) is 475 cm³/mol. The number of hydrogen-bond donors (Lipinski definition) is 13. The maximum atomic E-state index is 12.7. The summed E-state index contributed by atoms with van der Waals surface area (Å²) in [6.07, 6.45) is 8.43. The fraction of sp³-hybridized carbons (Fsp3) is 0.457. The van der Waals surface area contributed by atoms with Gasteiger partial charge in [0.25, 0.3) is 5.91 Å². The van der Waals surface area contributed by atoms with Crippen molar-refractivity contribution in [3.63, 3.8) is 0 Å². The van der Waals surface area contributed by atoms with Crippen molar-refractivity contribution in [2.75, 3.05) is 72.5 Å². The highest BCUT2D eigenvalue weighted by Gasteiger charge is 2.43. The number of aromatic hydroxyl groups is 1. The van der Waals surface area contributed by atoms with Crippen molar-refractivity contribution in [1.82, 2.24) is 31.1 Å². The number of nitrogens with two attached hydrogens (primary N) is 1. The van der Waals surface area contributed by atoms with E-state index in [1.807, 2.05) is 164 Å². The first kappa shape index (κ1) is 105. The van der Waals surface area contributed by atoms with Crippen LogP contribution >= 0.6 is 12.6 Å². The fourth-order valence-electron chi connectivity index (χ4n) is 13.0. The molecule has 12 atom stereocenters. The molecule has 0 aromatic heterocycles. The van der Waals surface area contributed by atoms with Crippen LogP contribution in [-0.4, -0.2) is 220 Å². The number of aliphatic hydroxyl groups is 4. The first-order valence-corrected chi connectivity index (χ1v) is 41.9. The Morgan fingerprint density at radius 3 is 1.80 bits per heavy atom. The van der Waals surface area contributed by atoms with Gasteiger partial charge < -0.3 is 95.7 Å². The number of nitriles is 1. The van der Waals surface area contributed by atoms with Gasteiger partial charge in [0.05, 0.1) is 29.9 Å². The van der Waals surface area contributed by atoms with Gasteiger partial charge >= 0.3 is 23.9 Å². The summed E-state index contributed by atoms with van der Waals surface area (Å²) in [6, 6.07) is 48.0. The van der Waals surface area contributed by atoms with E-state index in [-0.39, 0.29) is 71.8 Å². The third kappa shape index (κ3) is 37.5. The molecule has 0 bridgehead atoms. The molecule has 4 aliphatic rings. The Hall–Kier alpha value is -10.8. The Labute approximate surface area is 729 Å². The lowest BCUT2D eigenvalue weighted by atomic mass is 9.78. The Balaban J connectivity index is 0.000000311. The standard InChI is InChI=1S/C20H28N2O5.C19H18O4.C17H20N2O3.C14H20N2O2.C13H21NO2.C9H15NO3S.C2H6O/c1-3-27-20(26)16(12-11-15-8-5-4-6-9-15)21-14(2)18(23)22-13-7-10-17(22)19(24)25;1-12(20)11-15(13-7-3-2-4-8-13)17-18(21)14-9-5-6-10-16(14)23-19(17)22;1-11(12-5-3-2-4-6-12)19-10-16(21)13-7-8-15(20)14(9-13)17(18)22;1-14(2,3)16-9-12(17)10-18-13-7-5-4-6-11(13)8-15;1-10(2)14-8-12(15)9-16-13-6-4-11(3)5-7-13;1-6(5-14)8(11)10-4-2-3-7(10)9(12)13;1-3-2/h4-6,8-9,14,16-17,21H,3,7,10-13H2,1-2H3,(H,24,25);2-10,15-17,21H,11H2,1H3;2-9,11,16,19-21H,10H2,1H3,(H2,18,22);4-7,12,16-17H,9-10H2,1-3H3;4-7,10,12,14-15H,8-9H2,1-3H3;6-7,14H,2-5H2,1H3,(H,12,13);1-2H3. The second-order valence-electron chi connectivity index (χ2n) is 31.3. The molecule has 6 aromatic rings. The van der Waals surface area contributed by atoms with Crippen LogP contribution in [0.25, 0.3) is 0 Å². The van der Waals surface area contributed by atoms with Crippen LogP contribution in [0, 0.1) is 30.1 Å². The molecule has 123 heavy (non-hydrogen) atoms. The van der Waals surface area contributed by atoms with Crippen molar-refractivity contribution in [2.24, 2.45) is 17.6 Å². The number of carbonyl (C=O) groups excluding carboxylic acids is 6. The van der Waals surface area contributed by atoms with Crippen LogP contribution in [0.1, 0.15) is 170 Å². The Morgan fingerprint density at radius 2 is 1.25 bits per heavy atom. The number of carboxylic acid groups (broad SMARTS) is 2. The number of aliphatic hydroxyl groups excluding tert-OH is 4. The number of likely N-dealkylation sites (tertiary alicyclic amines) is 2. The van der Waals surface area contributed by atoms with Crippen LogP contribution in [0.4, 0.5) is 0 Å². The van der Waals surface area contributed by atoms with Gasteiger partial charge in [-0.2, -0.15) is 17.9 Å². The number of Topliss-reactive ketones (excluding diaryl/α,β-unsaturated/α-hetero) is 1. The predicted octanol–water partition coefficient (Wildman–Crippen LogP) is 11.0. The Morgan fingerprint density at radius 1 is 0.699 bits per heavy atom. The first-order chi connectivity index (χ1) is 58.5. The van der Waals surface area contributed by atoms with Gasteiger partial charge in [-0.3, -0.25) is 29.3 Å². The zero-order valence-corrected chi connectivity index (χ0v) is 73.8. The van der Waals surface area contributed by atoms with Gasteiger partial charge in [-0.1, -0.05) is 166 Å². The van der Waals surface area contributed by atoms with E-state index in [2.05, 4.69) is 44.7 Å². The van der Waals surface area contributed by atoms with Gasteiger partial charge in [-0.05, 0) is 159 Å². The molecule has 0 saturated carbocycles. The smallest absolute Gasteiger partial charge is 0.326 e. The molecule has 13 N–H and O–H groups in total. The van der Waals surface area contributed by atoms with Crippen molar-refractivity contribution >= 4 is 60.0 Å². The summed E-state index contributed by atoms with van der Waals surface area (Å²) >= 11 is 4.03. The minimum atomic E-state index is -0.987. The number of aryl methyl sites for hydroxylation is 2. The molecule has 1 aliphatic carbocycles. The number of ketones is 1. The molecule has 10 rings (SSSR count). The van der Waals surface area contributed by atoms with Gasteiger partial charge in [0.15, 0.2) is 0 Å². The number of para-hydroxylation sites is 1. The van der Waals surface area contributed by atoms with E-state index in [0.29, 0.717) is 106 Å². The quantitative estimate of drug-likeness (QED) is 0.0134. The summed E-state index contributed by atoms with van der Waals surface area (Å²) in [5, 5.41) is 89.5. The lowest BCUT2D eigenvalue weighted by molar-refractivity contribution is -0.153. The van der Waals surface area contributed by atoms with Crippen molar-refractivity contribution in [3.8, 4) is 23.3 Å². The highest BCUT2D eigenvalue weighted by molar-refractivity contribution is 7.80. The van der Waals surface area contributed by atoms with E-state index in [9.17, 15) is 69.0 Å². The highest BCUT2D eigenvalue weighted by atomic mass is 32.1. The van der Waals surface area contributed by atoms with Gasteiger partial charge in [0.2, 0.25) is 11.8 Å². The van der Waals surface area contributed by atoms with Gasteiger partial charge in [-0.25, -0.2) is 9.59 Å². The van der Waals surface area contributed by atoms with Crippen molar-refractivity contribution in [2.45, 2.75) is 193 Å². The molecule has 2 fully saturated rings. The average molecular weight is 1720 g/mol. The number of β-amino-alcohol motifs (C(OH)–C–C–N with tert-alkyl or cyclic N) is 1. The van der Waals surface area contributed by atoms with Gasteiger partial charge in [0, 0.05) is 94.1 Å². The number of phenols is 1. The number of methoxy groups -OCH3 is 1. The molecule has 0 radical (unpaired) electrons. The number of amides is 3. The molecular weight excluding hydrogens is 1590 g/mol.